The summed E-state index contributed by atoms with van der Waals surface area (Å²) in [7, 11) is -1.73. The Morgan fingerprint density at radius 2 is 0.917 bits per heavy atom. The fourth-order valence-electron chi connectivity index (χ4n) is 2.00. The lowest BCUT2D eigenvalue weighted by Gasteiger charge is -2.28. The molecule has 0 saturated heterocycles. The maximum Gasteiger partial charge on any atom is 0.436 e. The first-order valence-electron chi connectivity index (χ1n) is 6.69. The SMILES string of the molecule is FC(F)(F)C(F)(C[S+](c1ccccc1)c1ccccc1)C(F)(F)F. The van der Waals surface area contributed by atoms with Crippen molar-refractivity contribution in [2.24, 2.45) is 0 Å². The molecule has 0 saturated carbocycles. The molecule has 0 aromatic heterocycles. The summed E-state index contributed by atoms with van der Waals surface area (Å²) in [6.45, 7) is 0. The molecule has 0 nitrogen and oxygen atoms in total. The van der Waals surface area contributed by atoms with E-state index >= 15 is 0 Å². The highest BCUT2D eigenvalue weighted by atomic mass is 32.2. The quantitative estimate of drug-likeness (QED) is 0.489. The summed E-state index contributed by atoms with van der Waals surface area (Å²) in [5, 5.41) is 0. The summed E-state index contributed by atoms with van der Waals surface area (Å²) in [4.78, 5) is 0.415. The lowest BCUT2D eigenvalue weighted by molar-refractivity contribution is -0.332. The Kier molecular flexibility index (Phi) is 5.17. The Balaban J connectivity index is 2.52. The summed E-state index contributed by atoms with van der Waals surface area (Å²) in [5.74, 6) is -1.74. The molecular formula is C16H12F7S+. The largest absolute Gasteiger partial charge is 0.436 e. The molecular weight excluding hydrogens is 357 g/mol. The molecule has 0 amide bonds. The molecule has 0 spiro atoms. The molecule has 0 N–H and O–H groups in total. The Labute approximate surface area is 136 Å². The molecule has 0 radical (unpaired) electrons. The molecule has 8 heteroatoms. The van der Waals surface area contributed by atoms with Gasteiger partial charge in [0.2, 0.25) is 0 Å². The first kappa shape index (κ1) is 18.6. The normalized spacial score (nSPS) is 13.3. The zero-order valence-corrected chi connectivity index (χ0v) is 12.9. The van der Waals surface area contributed by atoms with E-state index in [1.54, 1.807) is 12.1 Å². The van der Waals surface area contributed by atoms with Crippen LogP contribution in [0.4, 0.5) is 30.7 Å². The smallest absolute Gasteiger partial charge is 0.218 e. The van der Waals surface area contributed by atoms with E-state index in [-0.39, 0.29) is 9.79 Å². The van der Waals surface area contributed by atoms with Crippen molar-refractivity contribution in [2.45, 2.75) is 27.8 Å². The lowest BCUT2D eigenvalue weighted by atomic mass is 10.1. The molecule has 0 atom stereocenters. The van der Waals surface area contributed by atoms with Gasteiger partial charge >= 0.3 is 18.0 Å². The average molecular weight is 369 g/mol. The van der Waals surface area contributed by atoms with E-state index in [9.17, 15) is 30.7 Å². The molecule has 0 aliphatic carbocycles. The van der Waals surface area contributed by atoms with Gasteiger partial charge in [-0.3, -0.25) is 0 Å². The Hall–Kier alpha value is -1.70. The molecule has 0 aliphatic heterocycles. The van der Waals surface area contributed by atoms with Crippen LogP contribution in [-0.4, -0.2) is 23.8 Å². The summed E-state index contributed by atoms with van der Waals surface area (Å²) in [5.41, 5.74) is -5.28. The van der Waals surface area contributed by atoms with Crippen LogP contribution in [-0.2, 0) is 10.9 Å². The Morgan fingerprint density at radius 1 is 0.583 bits per heavy atom. The van der Waals surface area contributed by atoms with Gasteiger partial charge in [-0.05, 0) is 24.3 Å². The number of rotatable bonds is 4. The van der Waals surface area contributed by atoms with Crippen molar-refractivity contribution in [1.29, 1.82) is 0 Å². The molecule has 2 aromatic carbocycles. The molecule has 0 fully saturated rings. The van der Waals surface area contributed by atoms with Gasteiger partial charge in [-0.25, -0.2) is 4.39 Å². The van der Waals surface area contributed by atoms with E-state index in [2.05, 4.69) is 0 Å². The highest BCUT2D eigenvalue weighted by Gasteiger charge is 2.75. The predicted molar refractivity (Wildman–Crippen MR) is 77.6 cm³/mol. The topological polar surface area (TPSA) is 0 Å². The third-order valence-electron chi connectivity index (χ3n) is 3.30. The van der Waals surface area contributed by atoms with Crippen LogP contribution < -0.4 is 0 Å². The van der Waals surface area contributed by atoms with Gasteiger partial charge in [0.1, 0.15) is 0 Å². The highest BCUT2D eigenvalue weighted by Crippen LogP contribution is 2.48. The van der Waals surface area contributed by atoms with Crippen molar-refractivity contribution >= 4 is 10.9 Å². The van der Waals surface area contributed by atoms with Gasteiger partial charge in [-0.2, -0.15) is 26.3 Å². The van der Waals surface area contributed by atoms with E-state index in [4.69, 9.17) is 0 Å². The van der Waals surface area contributed by atoms with Crippen molar-refractivity contribution in [2.75, 3.05) is 5.75 Å². The van der Waals surface area contributed by atoms with Crippen LogP contribution in [0.2, 0.25) is 0 Å². The van der Waals surface area contributed by atoms with Gasteiger partial charge in [-0.1, -0.05) is 36.4 Å². The number of benzene rings is 2. The van der Waals surface area contributed by atoms with Gasteiger partial charge in [0.25, 0.3) is 0 Å². The lowest BCUT2D eigenvalue weighted by Crippen LogP contribution is -2.57. The van der Waals surface area contributed by atoms with Crippen LogP contribution in [0.5, 0.6) is 0 Å². The maximum atomic E-state index is 14.2. The summed E-state index contributed by atoms with van der Waals surface area (Å²) >= 11 is 0. The minimum Gasteiger partial charge on any atom is -0.218 e. The fraction of sp³-hybridized carbons (Fsp3) is 0.250. The summed E-state index contributed by atoms with van der Waals surface area (Å²) in [6, 6.07) is 14.7. The Bertz CT molecular complexity index is 596. The van der Waals surface area contributed by atoms with Crippen LogP contribution >= 0.6 is 0 Å². The van der Waals surface area contributed by atoms with Crippen molar-refractivity contribution in [1.82, 2.24) is 0 Å². The third kappa shape index (κ3) is 3.68. The molecule has 2 aromatic rings. The third-order valence-corrected chi connectivity index (χ3v) is 5.67. The standard InChI is InChI=1S/C16H12F7S/c17-14(15(18,19)20,16(21,22)23)11-24(12-7-3-1-4-8-12)13-9-5-2-6-10-13/h1-10H,11H2/q+1. The van der Waals surface area contributed by atoms with Gasteiger partial charge in [0.15, 0.2) is 15.5 Å². The number of hydrogen-bond acceptors (Lipinski definition) is 0. The van der Waals surface area contributed by atoms with Gasteiger partial charge in [-0.15, -0.1) is 0 Å². The predicted octanol–water partition coefficient (Wildman–Crippen LogP) is 5.56. The van der Waals surface area contributed by atoms with Crippen LogP contribution in [0.15, 0.2) is 70.5 Å². The molecule has 0 aliphatic rings. The second-order valence-electron chi connectivity index (χ2n) is 4.96. The number of alkyl halides is 7. The molecule has 2 rings (SSSR count). The number of halogens is 7. The van der Waals surface area contributed by atoms with E-state index in [1.165, 1.54) is 48.5 Å². The van der Waals surface area contributed by atoms with Gasteiger partial charge in [0, 0.05) is 0 Å². The van der Waals surface area contributed by atoms with E-state index < -0.39 is 34.7 Å². The molecule has 0 bridgehead atoms. The zero-order valence-electron chi connectivity index (χ0n) is 12.0. The zero-order chi connectivity index (χ0) is 18.0. The first-order valence-corrected chi connectivity index (χ1v) is 8.09. The average Bonchev–Trinajstić information content (AvgIpc) is 2.52. The number of hydrogen-bond donors (Lipinski definition) is 0. The summed E-state index contributed by atoms with van der Waals surface area (Å²) < 4.78 is 91.6. The van der Waals surface area contributed by atoms with Crippen molar-refractivity contribution in [3.63, 3.8) is 0 Å². The van der Waals surface area contributed by atoms with Crippen LogP contribution in [0, 0.1) is 0 Å². The van der Waals surface area contributed by atoms with Crippen LogP contribution in [0.3, 0.4) is 0 Å². The molecule has 130 valence electrons. The Morgan fingerprint density at radius 3 is 1.21 bits per heavy atom. The maximum absolute atomic E-state index is 14.2. The molecule has 0 heterocycles. The van der Waals surface area contributed by atoms with E-state index in [0.29, 0.717) is 0 Å². The highest BCUT2D eigenvalue weighted by molar-refractivity contribution is 7.97. The van der Waals surface area contributed by atoms with Crippen molar-refractivity contribution < 1.29 is 30.7 Å². The molecule has 24 heavy (non-hydrogen) atoms. The second kappa shape index (κ2) is 6.66. The molecule has 0 unspecified atom stereocenters. The van der Waals surface area contributed by atoms with Crippen LogP contribution in [0.25, 0.3) is 0 Å². The van der Waals surface area contributed by atoms with E-state index in [0.717, 1.165) is 0 Å². The van der Waals surface area contributed by atoms with Gasteiger partial charge < -0.3 is 0 Å². The monoisotopic (exact) mass is 369 g/mol. The van der Waals surface area contributed by atoms with Crippen molar-refractivity contribution in [3.8, 4) is 0 Å². The van der Waals surface area contributed by atoms with Crippen molar-refractivity contribution in [3.05, 3.63) is 60.7 Å². The second-order valence-corrected chi connectivity index (χ2v) is 6.97. The van der Waals surface area contributed by atoms with E-state index in [1.807, 2.05) is 0 Å². The minimum atomic E-state index is -6.06. The summed E-state index contributed by atoms with van der Waals surface area (Å²) in [6.07, 6.45) is -12.1. The first-order chi connectivity index (χ1) is 11.1. The minimum absolute atomic E-state index is 0.208. The van der Waals surface area contributed by atoms with Gasteiger partial charge in [0.05, 0.1) is 10.9 Å². The van der Waals surface area contributed by atoms with Crippen LogP contribution in [0.1, 0.15) is 0 Å². The fourth-order valence-corrected chi connectivity index (χ4v) is 4.30.